The Morgan fingerprint density at radius 1 is 1.03 bits per heavy atom. The fraction of sp³-hybridized carbons (Fsp3) is 0.550. The lowest BCUT2D eigenvalue weighted by molar-refractivity contribution is -0.142. The van der Waals surface area contributed by atoms with Crippen LogP contribution in [0.1, 0.15) is 39.5 Å². The van der Waals surface area contributed by atoms with Crippen LogP contribution in [0.15, 0.2) is 29.2 Å². The fourth-order valence-corrected chi connectivity index (χ4v) is 5.61. The standard InChI is InChI=1S/C20H27N3O5S/c1-3-22(4-2)29(27,28)15-11-9-14(10-12-15)21-18(24)13-23-19(25)16-7-5-6-8-17(16)20(23)26/h9-12,16-17H,3-8,13H2,1-2H3,(H,21,24)/t16-,17-/m1/s1. The van der Waals surface area contributed by atoms with Gasteiger partial charge in [-0.3, -0.25) is 19.3 Å². The van der Waals surface area contributed by atoms with E-state index >= 15 is 0 Å². The average molecular weight is 422 g/mol. The second kappa shape index (κ2) is 8.62. The summed E-state index contributed by atoms with van der Waals surface area (Å²) < 4.78 is 26.4. The van der Waals surface area contributed by atoms with E-state index in [1.807, 2.05) is 0 Å². The Morgan fingerprint density at radius 2 is 1.55 bits per heavy atom. The smallest absolute Gasteiger partial charge is 0.244 e. The summed E-state index contributed by atoms with van der Waals surface area (Å²) in [6, 6.07) is 5.87. The van der Waals surface area contributed by atoms with Gasteiger partial charge in [-0.25, -0.2) is 8.42 Å². The molecule has 0 radical (unpaired) electrons. The molecule has 0 bridgehead atoms. The molecule has 1 aromatic rings. The molecule has 2 aliphatic rings. The van der Waals surface area contributed by atoms with Crippen LogP contribution in [0.2, 0.25) is 0 Å². The lowest BCUT2D eigenvalue weighted by Crippen LogP contribution is -2.38. The fourth-order valence-electron chi connectivity index (χ4n) is 4.15. The molecule has 3 amide bonds. The first-order valence-corrected chi connectivity index (χ1v) is 11.5. The Labute approximate surface area is 171 Å². The minimum Gasteiger partial charge on any atom is -0.325 e. The second-order valence-corrected chi connectivity index (χ2v) is 9.36. The third-order valence-electron chi connectivity index (χ3n) is 5.72. The number of hydrogen-bond donors (Lipinski definition) is 1. The van der Waals surface area contributed by atoms with Crippen molar-refractivity contribution >= 4 is 33.4 Å². The molecule has 29 heavy (non-hydrogen) atoms. The topological polar surface area (TPSA) is 104 Å². The van der Waals surface area contributed by atoms with Gasteiger partial charge in [0, 0.05) is 18.8 Å². The Balaban J connectivity index is 1.64. The minimum absolute atomic E-state index is 0.146. The van der Waals surface area contributed by atoms with E-state index in [9.17, 15) is 22.8 Å². The number of amides is 3. The summed E-state index contributed by atoms with van der Waals surface area (Å²) in [4.78, 5) is 38.5. The first-order chi connectivity index (χ1) is 13.8. The van der Waals surface area contributed by atoms with Crippen molar-refractivity contribution in [1.82, 2.24) is 9.21 Å². The van der Waals surface area contributed by atoms with Gasteiger partial charge in [0.25, 0.3) is 0 Å². The highest BCUT2D eigenvalue weighted by atomic mass is 32.2. The monoisotopic (exact) mass is 421 g/mol. The van der Waals surface area contributed by atoms with Crippen molar-refractivity contribution in [3.8, 4) is 0 Å². The molecule has 9 heteroatoms. The van der Waals surface area contributed by atoms with Gasteiger partial charge in [-0.05, 0) is 37.1 Å². The molecule has 0 unspecified atom stereocenters. The molecular formula is C20H27N3O5S. The summed E-state index contributed by atoms with van der Waals surface area (Å²) in [5.74, 6) is -1.56. The Kier molecular flexibility index (Phi) is 6.38. The Hall–Kier alpha value is -2.26. The number of fused-ring (bicyclic) bond motifs is 1. The molecule has 1 aliphatic heterocycles. The molecule has 0 aromatic heterocycles. The zero-order valence-corrected chi connectivity index (χ0v) is 17.6. The van der Waals surface area contributed by atoms with Crippen LogP contribution < -0.4 is 5.32 Å². The molecule has 2 atom stereocenters. The average Bonchev–Trinajstić information content (AvgIpc) is 2.94. The summed E-state index contributed by atoms with van der Waals surface area (Å²) in [6.07, 6.45) is 3.28. The lowest BCUT2D eigenvalue weighted by atomic mass is 9.81. The number of rotatable bonds is 7. The predicted molar refractivity (Wildman–Crippen MR) is 107 cm³/mol. The van der Waals surface area contributed by atoms with E-state index in [0.717, 1.165) is 17.7 Å². The molecule has 1 saturated carbocycles. The summed E-state index contributed by atoms with van der Waals surface area (Å²) in [5.41, 5.74) is 0.407. The number of sulfonamides is 1. The van der Waals surface area contributed by atoms with Crippen LogP contribution in [0, 0.1) is 11.8 Å². The van der Waals surface area contributed by atoms with Crippen molar-refractivity contribution in [1.29, 1.82) is 0 Å². The molecule has 2 fully saturated rings. The summed E-state index contributed by atoms with van der Waals surface area (Å²) >= 11 is 0. The highest BCUT2D eigenvalue weighted by Crippen LogP contribution is 2.37. The van der Waals surface area contributed by atoms with Crippen molar-refractivity contribution in [3.05, 3.63) is 24.3 Å². The van der Waals surface area contributed by atoms with Crippen molar-refractivity contribution in [2.45, 2.75) is 44.4 Å². The predicted octanol–water partition coefficient (Wildman–Crippen LogP) is 1.83. The van der Waals surface area contributed by atoms with E-state index in [1.54, 1.807) is 13.8 Å². The molecule has 1 heterocycles. The van der Waals surface area contributed by atoms with Gasteiger partial charge in [-0.1, -0.05) is 26.7 Å². The van der Waals surface area contributed by atoms with Gasteiger partial charge in [0.2, 0.25) is 27.7 Å². The molecular weight excluding hydrogens is 394 g/mol. The van der Waals surface area contributed by atoms with Crippen LogP contribution in [-0.4, -0.2) is 55.0 Å². The van der Waals surface area contributed by atoms with Gasteiger partial charge >= 0.3 is 0 Å². The van der Waals surface area contributed by atoms with Crippen molar-refractivity contribution in [2.75, 3.05) is 25.0 Å². The second-order valence-electron chi connectivity index (χ2n) is 7.42. The molecule has 1 aliphatic carbocycles. The van der Waals surface area contributed by atoms with Crippen LogP contribution in [0.4, 0.5) is 5.69 Å². The highest BCUT2D eigenvalue weighted by molar-refractivity contribution is 7.89. The normalized spacial score (nSPS) is 22.1. The number of anilines is 1. The molecule has 158 valence electrons. The number of carbonyl (C=O) groups excluding carboxylic acids is 3. The van der Waals surface area contributed by atoms with Crippen molar-refractivity contribution < 1.29 is 22.8 Å². The first-order valence-electron chi connectivity index (χ1n) is 10.0. The van der Waals surface area contributed by atoms with Crippen LogP contribution >= 0.6 is 0 Å². The Morgan fingerprint density at radius 3 is 2.03 bits per heavy atom. The third-order valence-corrected chi connectivity index (χ3v) is 7.78. The molecule has 8 nitrogen and oxygen atoms in total. The number of carbonyl (C=O) groups is 3. The largest absolute Gasteiger partial charge is 0.325 e. The molecule has 1 N–H and O–H groups in total. The molecule has 1 saturated heterocycles. The maximum absolute atomic E-state index is 12.5. The van der Waals surface area contributed by atoms with Gasteiger partial charge < -0.3 is 5.32 Å². The number of hydrogen-bond acceptors (Lipinski definition) is 5. The SMILES string of the molecule is CCN(CC)S(=O)(=O)c1ccc(NC(=O)CN2C(=O)[C@@H]3CCCC[C@H]3C2=O)cc1. The number of likely N-dealkylation sites (tertiary alicyclic amines) is 1. The van der Waals surface area contributed by atoms with Crippen LogP contribution in [0.3, 0.4) is 0 Å². The minimum atomic E-state index is -3.57. The number of benzene rings is 1. The van der Waals surface area contributed by atoms with E-state index in [4.69, 9.17) is 0 Å². The zero-order chi connectivity index (χ0) is 21.2. The van der Waals surface area contributed by atoms with Gasteiger partial charge in [-0.2, -0.15) is 4.31 Å². The van der Waals surface area contributed by atoms with Crippen molar-refractivity contribution in [2.24, 2.45) is 11.8 Å². The van der Waals surface area contributed by atoms with Crippen molar-refractivity contribution in [3.63, 3.8) is 0 Å². The van der Waals surface area contributed by atoms with Gasteiger partial charge in [0.15, 0.2) is 0 Å². The van der Waals surface area contributed by atoms with Crippen LogP contribution in [0.25, 0.3) is 0 Å². The summed E-state index contributed by atoms with van der Waals surface area (Å²) in [6.45, 7) is 3.97. The van der Waals surface area contributed by atoms with E-state index in [0.29, 0.717) is 31.6 Å². The van der Waals surface area contributed by atoms with Gasteiger partial charge in [0.1, 0.15) is 6.54 Å². The summed E-state index contributed by atoms with van der Waals surface area (Å²) in [5, 5.41) is 2.63. The lowest BCUT2D eigenvalue weighted by Gasteiger charge is -2.19. The van der Waals surface area contributed by atoms with Gasteiger partial charge in [-0.15, -0.1) is 0 Å². The summed E-state index contributed by atoms with van der Waals surface area (Å²) in [7, 11) is -3.57. The molecule has 1 aromatic carbocycles. The number of nitrogens with zero attached hydrogens (tertiary/aromatic N) is 2. The molecule has 0 spiro atoms. The maximum Gasteiger partial charge on any atom is 0.244 e. The van der Waals surface area contributed by atoms with Crippen LogP contribution in [-0.2, 0) is 24.4 Å². The number of nitrogens with one attached hydrogen (secondary N) is 1. The first kappa shape index (κ1) is 21.4. The molecule has 3 rings (SSSR count). The van der Waals surface area contributed by atoms with E-state index in [2.05, 4.69) is 5.32 Å². The highest BCUT2D eigenvalue weighted by Gasteiger charge is 2.48. The van der Waals surface area contributed by atoms with E-state index < -0.39 is 15.9 Å². The Bertz CT molecular complexity index is 869. The van der Waals surface area contributed by atoms with Gasteiger partial charge in [0.05, 0.1) is 16.7 Å². The quantitative estimate of drug-likeness (QED) is 0.677. The number of imide groups is 1. The maximum atomic E-state index is 12.5. The van der Waals surface area contributed by atoms with E-state index in [-0.39, 0.29) is 35.1 Å². The van der Waals surface area contributed by atoms with Crippen LogP contribution in [0.5, 0.6) is 0 Å². The zero-order valence-electron chi connectivity index (χ0n) is 16.8. The van der Waals surface area contributed by atoms with E-state index in [1.165, 1.54) is 28.6 Å². The third kappa shape index (κ3) is 4.20.